The summed E-state index contributed by atoms with van der Waals surface area (Å²) in [7, 11) is 1.53. The maximum Gasteiger partial charge on any atom is 0.266 e. The van der Waals surface area contributed by atoms with Crippen molar-refractivity contribution in [3.8, 4) is 17.6 Å². The summed E-state index contributed by atoms with van der Waals surface area (Å²) in [4.78, 5) is 12.6. The molecule has 5 heteroatoms. The van der Waals surface area contributed by atoms with Gasteiger partial charge in [-0.15, -0.1) is 0 Å². The molecule has 0 spiro atoms. The molecule has 0 fully saturated rings. The minimum atomic E-state index is -0.495. The number of benzene rings is 3. The molecule has 3 aromatic carbocycles. The largest absolute Gasteiger partial charge is 0.495 e. The molecule has 0 bridgehead atoms. The van der Waals surface area contributed by atoms with Crippen molar-refractivity contribution < 1.29 is 14.3 Å². The first-order valence-electron chi connectivity index (χ1n) is 9.43. The molecule has 30 heavy (non-hydrogen) atoms. The maximum absolute atomic E-state index is 12.6. The Hall–Kier alpha value is -4.04. The van der Waals surface area contributed by atoms with Gasteiger partial charge >= 0.3 is 0 Å². The highest BCUT2D eigenvalue weighted by Gasteiger charge is 2.12. The van der Waals surface area contributed by atoms with Crippen LogP contribution in [0.25, 0.3) is 6.08 Å². The molecule has 0 aromatic heterocycles. The van der Waals surface area contributed by atoms with E-state index in [1.165, 1.54) is 7.11 Å². The Labute approximate surface area is 176 Å². The Morgan fingerprint density at radius 3 is 2.47 bits per heavy atom. The van der Waals surface area contributed by atoms with E-state index in [0.717, 1.165) is 16.7 Å². The normalized spacial score (nSPS) is 10.8. The molecule has 0 radical (unpaired) electrons. The first-order chi connectivity index (χ1) is 14.6. The molecule has 0 saturated carbocycles. The number of carbonyl (C=O) groups is 1. The lowest BCUT2D eigenvalue weighted by Crippen LogP contribution is -2.14. The van der Waals surface area contributed by atoms with Gasteiger partial charge in [-0.05, 0) is 54.0 Å². The number of aryl methyl sites for hydroxylation is 1. The van der Waals surface area contributed by atoms with Crippen LogP contribution in [0.4, 0.5) is 5.69 Å². The Kier molecular flexibility index (Phi) is 6.86. The lowest BCUT2D eigenvalue weighted by atomic mass is 10.1. The van der Waals surface area contributed by atoms with Crippen LogP contribution < -0.4 is 14.8 Å². The first-order valence-corrected chi connectivity index (χ1v) is 9.43. The molecule has 0 heterocycles. The quantitative estimate of drug-likeness (QED) is 0.442. The zero-order valence-corrected chi connectivity index (χ0v) is 16.9. The van der Waals surface area contributed by atoms with E-state index < -0.39 is 5.91 Å². The number of nitrogens with one attached hydrogen (secondary N) is 1. The van der Waals surface area contributed by atoms with Crippen molar-refractivity contribution in [2.75, 3.05) is 12.4 Å². The molecule has 0 aliphatic rings. The van der Waals surface area contributed by atoms with Crippen molar-refractivity contribution in [2.24, 2.45) is 0 Å². The van der Waals surface area contributed by atoms with Crippen LogP contribution >= 0.6 is 0 Å². The molecule has 3 rings (SSSR count). The van der Waals surface area contributed by atoms with Crippen LogP contribution in [0.1, 0.15) is 16.7 Å². The first kappa shape index (κ1) is 20.7. The molecule has 0 atom stereocenters. The van der Waals surface area contributed by atoms with Crippen molar-refractivity contribution in [2.45, 2.75) is 13.5 Å². The smallest absolute Gasteiger partial charge is 0.266 e. The third-order valence-corrected chi connectivity index (χ3v) is 4.41. The molecule has 150 valence electrons. The molecule has 5 nitrogen and oxygen atoms in total. The van der Waals surface area contributed by atoms with Crippen LogP contribution in [-0.2, 0) is 11.4 Å². The average Bonchev–Trinajstić information content (AvgIpc) is 2.77. The molecular weight excluding hydrogens is 376 g/mol. The second-order valence-corrected chi connectivity index (χ2v) is 6.67. The number of ether oxygens (including phenoxy) is 2. The van der Waals surface area contributed by atoms with Crippen LogP contribution in [0.3, 0.4) is 0 Å². The molecule has 0 saturated heterocycles. The second-order valence-electron chi connectivity index (χ2n) is 6.67. The van der Waals surface area contributed by atoms with Gasteiger partial charge in [-0.1, -0.05) is 48.5 Å². The fraction of sp³-hybridized carbons (Fsp3) is 0.120. The van der Waals surface area contributed by atoms with Gasteiger partial charge in [-0.2, -0.15) is 5.26 Å². The van der Waals surface area contributed by atoms with E-state index in [9.17, 15) is 10.1 Å². The van der Waals surface area contributed by atoms with Crippen molar-refractivity contribution in [3.05, 3.63) is 95.1 Å². The molecule has 0 unspecified atom stereocenters. The lowest BCUT2D eigenvalue weighted by molar-refractivity contribution is -0.112. The highest BCUT2D eigenvalue weighted by Crippen LogP contribution is 2.26. The molecule has 0 aliphatic heterocycles. The van der Waals surface area contributed by atoms with Gasteiger partial charge in [0.15, 0.2) is 0 Å². The number of nitriles is 1. The summed E-state index contributed by atoms with van der Waals surface area (Å²) in [5, 5.41) is 12.2. The fourth-order valence-corrected chi connectivity index (χ4v) is 2.83. The summed E-state index contributed by atoms with van der Waals surface area (Å²) in [5.41, 5.74) is 3.30. The fourth-order valence-electron chi connectivity index (χ4n) is 2.83. The standard InChI is InChI=1S/C25H22N2O3/c1-18-8-13-24(29-2)23(14-18)27-25(28)21(16-26)15-19-9-11-22(12-10-19)30-17-20-6-4-3-5-7-20/h3-15H,17H2,1-2H3,(H,27,28)/b21-15+. The van der Waals surface area contributed by atoms with Gasteiger partial charge in [0, 0.05) is 0 Å². The number of methoxy groups -OCH3 is 1. The number of amides is 1. The summed E-state index contributed by atoms with van der Waals surface area (Å²) >= 11 is 0. The van der Waals surface area contributed by atoms with Crippen LogP contribution in [0.2, 0.25) is 0 Å². The Morgan fingerprint density at radius 1 is 1.07 bits per heavy atom. The van der Waals surface area contributed by atoms with Crippen LogP contribution in [-0.4, -0.2) is 13.0 Å². The zero-order chi connectivity index (χ0) is 21.3. The van der Waals surface area contributed by atoms with E-state index in [4.69, 9.17) is 9.47 Å². The zero-order valence-electron chi connectivity index (χ0n) is 16.9. The van der Waals surface area contributed by atoms with E-state index in [2.05, 4.69) is 5.32 Å². The van der Waals surface area contributed by atoms with E-state index in [1.807, 2.05) is 61.5 Å². The Balaban J connectivity index is 1.69. The van der Waals surface area contributed by atoms with Crippen LogP contribution in [0.15, 0.2) is 78.4 Å². The van der Waals surface area contributed by atoms with E-state index >= 15 is 0 Å². The summed E-state index contributed by atoms with van der Waals surface area (Å²) < 4.78 is 11.0. The predicted molar refractivity (Wildman–Crippen MR) is 117 cm³/mol. The minimum absolute atomic E-state index is 0.00323. The van der Waals surface area contributed by atoms with E-state index in [-0.39, 0.29) is 5.57 Å². The number of anilines is 1. The van der Waals surface area contributed by atoms with Crippen LogP contribution in [0, 0.1) is 18.3 Å². The van der Waals surface area contributed by atoms with Gasteiger partial charge in [-0.3, -0.25) is 4.79 Å². The number of nitrogens with zero attached hydrogens (tertiary/aromatic N) is 1. The third-order valence-electron chi connectivity index (χ3n) is 4.41. The van der Waals surface area contributed by atoms with Gasteiger partial charge in [0.25, 0.3) is 5.91 Å². The summed E-state index contributed by atoms with van der Waals surface area (Å²) in [6.45, 7) is 2.39. The number of rotatable bonds is 7. The average molecular weight is 398 g/mol. The lowest BCUT2D eigenvalue weighted by Gasteiger charge is -2.10. The molecule has 3 aromatic rings. The number of hydrogen-bond acceptors (Lipinski definition) is 4. The maximum atomic E-state index is 12.6. The SMILES string of the molecule is COc1ccc(C)cc1NC(=O)/C(C#N)=C/c1ccc(OCc2ccccc2)cc1. The second kappa shape index (κ2) is 9.94. The Bertz CT molecular complexity index is 1080. The summed E-state index contributed by atoms with van der Waals surface area (Å²) in [5.74, 6) is 0.750. The monoisotopic (exact) mass is 398 g/mol. The topological polar surface area (TPSA) is 71.3 Å². The van der Waals surface area contributed by atoms with Crippen molar-refractivity contribution >= 4 is 17.7 Å². The van der Waals surface area contributed by atoms with Crippen LogP contribution in [0.5, 0.6) is 11.5 Å². The number of carbonyl (C=O) groups excluding carboxylic acids is 1. The molecule has 1 N–H and O–H groups in total. The van der Waals surface area contributed by atoms with Gasteiger partial charge in [0.1, 0.15) is 29.7 Å². The van der Waals surface area contributed by atoms with Gasteiger partial charge in [-0.25, -0.2) is 0 Å². The summed E-state index contributed by atoms with van der Waals surface area (Å²) in [6, 6.07) is 24.5. The van der Waals surface area contributed by atoms with E-state index in [0.29, 0.717) is 23.8 Å². The van der Waals surface area contributed by atoms with Crippen molar-refractivity contribution in [1.82, 2.24) is 0 Å². The van der Waals surface area contributed by atoms with Crippen molar-refractivity contribution in [3.63, 3.8) is 0 Å². The predicted octanol–water partition coefficient (Wildman–Crippen LogP) is 5.13. The highest BCUT2D eigenvalue weighted by atomic mass is 16.5. The summed E-state index contributed by atoms with van der Waals surface area (Å²) in [6.07, 6.45) is 1.54. The third kappa shape index (κ3) is 5.49. The highest BCUT2D eigenvalue weighted by molar-refractivity contribution is 6.10. The van der Waals surface area contributed by atoms with Gasteiger partial charge in [0.05, 0.1) is 12.8 Å². The Morgan fingerprint density at radius 2 is 1.80 bits per heavy atom. The van der Waals surface area contributed by atoms with E-state index in [1.54, 1.807) is 30.3 Å². The molecule has 0 aliphatic carbocycles. The minimum Gasteiger partial charge on any atom is -0.495 e. The van der Waals surface area contributed by atoms with Gasteiger partial charge < -0.3 is 14.8 Å². The van der Waals surface area contributed by atoms with Crippen molar-refractivity contribution in [1.29, 1.82) is 5.26 Å². The van der Waals surface area contributed by atoms with Gasteiger partial charge in [0.2, 0.25) is 0 Å². The molecule has 1 amide bonds. The number of hydrogen-bond donors (Lipinski definition) is 1. The molecular formula is C25H22N2O3.